The summed E-state index contributed by atoms with van der Waals surface area (Å²) in [6, 6.07) is 7.49. The van der Waals surface area contributed by atoms with Gasteiger partial charge < -0.3 is 14.8 Å². The first kappa shape index (κ1) is 14.8. The maximum Gasteiger partial charge on any atom is 0.358 e. The molecule has 0 bridgehead atoms. The van der Waals surface area contributed by atoms with Gasteiger partial charge >= 0.3 is 5.97 Å². The van der Waals surface area contributed by atoms with Gasteiger partial charge in [0.1, 0.15) is 11.6 Å². The van der Waals surface area contributed by atoms with E-state index in [1.165, 1.54) is 19.5 Å². The SMILES string of the molecule is CCCOc1ccc(Nc2cncc(C(=O)OC)n2)cc1. The van der Waals surface area contributed by atoms with Crippen LogP contribution in [0, 0.1) is 0 Å². The number of hydrogen-bond acceptors (Lipinski definition) is 6. The van der Waals surface area contributed by atoms with E-state index >= 15 is 0 Å². The predicted octanol–water partition coefficient (Wildman–Crippen LogP) is 2.80. The first-order chi connectivity index (χ1) is 10.2. The average molecular weight is 287 g/mol. The molecule has 0 fully saturated rings. The summed E-state index contributed by atoms with van der Waals surface area (Å²) < 4.78 is 10.1. The molecule has 1 aromatic carbocycles. The van der Waals surface area contributed by atoms with E-state index in [-0.39, 0.29) is 5.69 Å². The normalized spacial score (nSPS) is 10.0. The van der Waals surface area contributed by atoms with Gasteiger partial charge in [-0.3, -0.25) is 4.98 Å². The van der Waals surface area contributed by atoms with E-state index in [2.05, 4.69) is 26.9 Å². The van der Waals surface area contributed by atoms with Crippen LogP contribution in [0.3, 0.4) is 0 Å². The van der Waals surface area contributed by atoms with Crippen molar-refractivity contribution in [2.75, 3.05) is 19.0 Å². The van der Waals surface area contributed by atoms with E-state index in [1.807, 2.05) is 24.3 Å². The molecule has 0 atom stereocenters. The number of esters is 1. The molecule has 1 aromatic heterocycles. The molecule has 0 saturated carbocycles. The number of benzene rings is 1. The number of aromatic nitrogens is 2. The van der Waals surface area contributed by atoms with Crippen molar-refractivity contribution in [3.05, 3.63) is 42.4 Å². The molecular formula is C15H17N3O3. The average Bonchev–Trinajstić information content (AvgIpc) is 2.53. The monoisotopic (exact) mass is 287 g/mol. The van der Waals surface area contributed by atoms with Gasteiger partial charge in [0.2, 0.25) is 0 Å². The van der Waals surface area contributed by atoms with E-state index in [0.29, 0.717) is 12.4 Å². The molecule has 0 aliphatic carbocycles. The number of hydrogen-bond donors (Lipinski definition) is 1. The number of nitrogens with one attached hydrogen (secondary N) is 1. The van der Waals surface area contributed by atoms with Crippen LogP contribution in [0.5, 0.6) is 5.75 Å². The lowest BCUT2D eigenvalue weighted by Crippen LogP contribution is -2.06. The quantitative estimate of drug-likeness (QED) is 0.824. The number of anilines is 2. The Morgan fingerprint density at radius 2 is 2.00 bits per heavy atom. The molecule has 110 valence electrons. The lowest BCUT2D eigenvalue weighted by molar-refractivity contribution is 0.0593. The Morgan fingerprint density at radius 1 is 1.24 bits per heavy atom. The van der Waals surface area contributed by atoms with Crippen LogP contribution in [0.1, 0.15) is 23.8 Å². The lowest BCUT2D eigenvalue weighted by Gasteiger charge is -2.08. The standard InChI is InChI=1S/C15H17N3O3/c1-3-8-21-12-6-4-11(5-7-12)17-14-10-16-9-13(18-14)15(19)20-2/h4-7,9-10H,3,8H2,1-2H3,(H,17,18). The van der Waals surface area contributed by atoms with Crippen LogP contribution in [0.4, 0.5) is 11.5 Å². The van der Waals surface area contributed by atoms with Gasteiger partial charge in [-0.05, 0) is 30.7 Å². The molecule has 0 saturated heterocycles. The fourth-order valence-electron chi connectivity index (χ4n) is 1.63. The first-order valence-corrected chi connectivity index (χ1v) is 6.63. The fraction of sp³-hybridized carbons (Fsp3) is 0.267. The number of nitrogens with zero attached hydrogens (tertiary/aromatic N) is 2. The minimum absolute atomic E-state index is 0.158. The number of rotatable bonds is 6. The molecule has 0 aliphatic heterocycles. The third-order valence-electron chi connectivity index (χ3n) is 2.63. The highest BCUT2D eigenvalue weighted by Gasteiger charge is 2.08. The Kier molecular flexibility index (Phi) is 5.09. The summed E-state index contributed by atoms with van der Waals surface area (Å²) >= 11 is 0. The maximum absolute atomic E-state index is 11.4. The van der Waals surface area contributed by atoms with Crippen molar-refractivity contribution in [1.29, 1.82) is 0 Å². The third kappa shape index (κ3) is 4.17. The van der Waals surface area contributed by atoms with E-state index in [4.69, 9.17) is 4.74 Å². The molecule has 2 aromatic rings. The highest BCUT2D eigenvalue weighted by Crippen LogP contribution is 2.19. The summed E-state index contributed by atoms with van der Waals surface area (Å²) in [4.78, 5) is 19.5. The molecule has 6 heteroatoms. The molecule has 0 spiro atoms. The summed E-state index contributed by atoms with van der Waals surface area (Å²) in [5.41, 5.74) is 0.987. The number of ether oxygens (including phenoxy) is 2. The third-order valence-corrected chi connectivity index (χ3v) is 2.63. The van der Waals surface area contributed by atoms with E-state index < -0.39 is 5.97 Å². The van der Waals surface area contributed by atoms with Gasteiger partial charge in [0, 0.05) is 5.69 Å². The van der Waals surface area contributed by atoms with Crippen LogP contribution in [0.15, 0.2) is 36.7 Å². The fourth-order valence-corrected chi connectivity index (χ4v) is 1.63. The minimum atomic E-state index is -0.519. The number of methoxy groups -OCH3 is 1. The lowest BCUT2D eigenvalue weighted by atomic mass is 10.3. The zero-order valence-corrected chi connectivity index (χ0v) is 12.0. The van der Waals surface area contributed by atoms with Crippen molar-refractivity contribution in [3.8, 4) is 5.75 Å². The highest BCUT2D eigenvalue weighted by atomic mass is 16.5. The molecule has 0 aliphatic rings. The second-order valence-electron chi connectivity index (χ2n) is 4.28. The Balaban J connectivity index is 2.06. The summed E-state index contributed by atoms with van der Waals surface area (Å²) in [7, 11) is 1.30. The molecule has 0 unspecified atom stereocenters. The van der Waals surface area contributed by atoms with E-state index in [9.17, 15) is 4.79 Å². The maximum atomic E-state index is 11.4. The summed E-state index contributed by atoms with van der Waals surface area (Å²) in [6.07, 6.45) is 3.86. The molecule has 1 heterocycles. The predicted molar refractivity (Wildman–Crippen MR) is 78.9 cm³/mol. The Hall–Kier alpha value is -2.63. The van der Waals surface area contributed by atoms with Gasteiger partial charge in [0.15, 0.2) is 5.69 Å². The van der Waals surface area contributed by atoms with Gasteiger partial charge in [-0.2, -0.15) is 0 Å². The minimum Gasteiger partial charge on any atom is -0.494 e. The second kappa shape index (κ2) is 7.23. The van der Waals surface area contributed by atoms with Crippen LogP contribution >= 0.6 is 0 Å². The number of carbonyl (C=O) groups is 1. The Bertz CT molecular complexity index is 599. The number of carbonyl (C=O) groups excluding carboxylic acids is 1. The van der Waals surface area contributed by atoms with Gasteiger partial charge in [0.05, 0.1) is 26.1 Å². The topological polar surface area (TPSA) is 73.3 Å². The smallest absolute Gasteiger partial charge is 0.358 e. The molecule has 0 amide bonds. The Labute approximate surface area is 123 Å². The summed E-state index contributed by atoms with van der Waals surface area (Å²) in [5.74, 6) is 0.770. The zero-order valence-electron chi connectivity index (χ0n) is 12.0. The van der Waals surface area contributed by atoms with Gasteiger partial charge in [-0.1, -0.05) is 6.92 Å². The van der Waals surface area contributed by atoms with Crippen molar-refractivity contribution in [3.63, 3.8) is 0 Å². The van der Waals surface area contributed by atoms with Crippen molar-refractivity contribution < 1.29 is 14.3 Å². The van der Waals surface area contributed by atoms with Crippen LogP contribution in [-0.2, 0) is 4.74 Å². The van der Waals surface area contributed by atoms with Crippen LogP contribution in [0.2, 0.25) is 0 Å². The van der Waals surface area contributed by atoms with E-state index in [1.54, 1.807) is 0 Å². The van der Waals surface area contributed by atoms with E-state index in [0.717, 1.165) is 17.9 Å². The van der Waals surface area contributed by atoms with Gasteiger partial charge in [-0.15, -0.1) is 0 Å². The summed E-state index contributed by atoms with van der Waals surface area (Å²) in [5, 5.41) is 3.07. The second-order valence-corrected chi connectivity index (χ2v) is 4.28. The van der Waals surface area contributed by atoms with Crippen molar-refractivity contribution in [1.82, 2.24) is 9.97 Å². The van der Waals surface area contributed by atoms with Crippen LogP contribution in [-0.4, -0.2) is 29.7 Å². The van der Waals surface area contributed by atoms with Crippen molar-refractivity contribution in [2.24, 2.45) is 0 Å². The molecule has 21 heavy (non-hydrogen) atoms. The van der Waals surface area contributed by atoms with Gasteiger partial charge in [0.25, 0.3) is 0 Å². The molecule has 0 radical (unpaired) electrons. The molecule has 6 nitrogen and oxygen atoms in total. The Morgan fingerprint density at radius 3 is 2.67 bits per heavy atom. The first-order valence-electron chi connectivity index (χ1n) is 6.63. The van der Waals surface area contributed by atoms with Crippen LogP contribution in [0.25, 0.3) is 0 Å². The largest absolute Gasteiger partial charge is 0.494 e. The highest BCUT2D eigenvalue weighted by molar-refractivity contribution is 5.87. The van der Waals surface area contributed by atoms with Crippen LogP contribution < -0.4 is 10.1 Å². The summed E-state index contributed by atoms with van der Waals surface area (Å²) in [6.45, 7) is 2.75. The van der Waals surface area contributed by atoms with Crippen molar-refractivity contribution in [2.45, 2.75) is 13.3 Å². The van der Waals surface area contributed by atoms with Gasteiger partial charge in [-0.25, -0.2) is 9.78 Å². The molecule has 1 N–H and O–H groups in total. The van der Waals surface area contributed by atoms with Crippen molar-refractivity contribution >= 4 is 17.5 Å². The zero-order chi connectivity index (χ0) is 15.1. The molecule has 2 rings (SSSR count). The molecular weight excluding hydrogens is 270 g/mol.